The number of amides is 1. The van der Waals surface area contributed by atoms with Gasteiger partial charge in [0.25, 0.3) is 0 Å². The van der Waals surface area contributed by atoms with Gasteiger partial charge in [-0.25, -0.2) is 13.2 Å². The van der Waals surface area contributed by atoms with Gasteiger partial charge in [0.15, 0.2) is 14.6 Å². The van der Waals surface area contributed by atoms with Crippen LogP contribution in [-0.2, 0) is 19.4 Å². The first-order chi connectivity index (χ1) is 8.35. The molecule has 0 aliphatic carbocycles. The highest BCUT2D eigenvalue weighted by Crippen LogP contribution is 2.32. The SMILES string of the molecule is C=CCOC(=O)NCC1(C(=O)O)CCCS1(=O)=O. The molecule has 0 aromatic rings. The second-order valence-corrected chi connectivity index (χ2v) is 6.38. The van der Waals surface area contributed by atoms with Crippen molar-refractivity contribution in [3.05, 3.63) is 12.7 Å². The molecule has 0 radical (unpaired) electrons. The zero-order chi connectivity index (χ0) is 13.8. The summed E-state index contributed by atoms with van der Waals surface area (Å²) in [5, 5.41) is 11.3. The molecule has 0 bridgehead atoms. The molecule has 1 amide bonds. The van der Waals surface area contributed by atoms with Crippen LogP contribution in [0.5, 0.6) is 0 Å². The van der Waals surface area contributed by atoms with Crippen molar-refractivity contribution in [1.29, 1.82) is 0 Å². The minimum Gasteiger partial charge on any atom is -0.480 e. The number of aliphatic carboxylic acids is 1. The topological polar surface area (TPSA) is 110 Å². The first kappa shape index (κ1) is 14.5. The maximum Gasteiger partial charge on any atom is 0.407 e. The molecule has 1 unspecified atom stereocenters. The molecule has 0 aromatic carbocycles. The Labute approximate surface area is 105 Å². The van der Waals surface area contributed by atoms with Crippen LogP contribution in [0.1, 0.15) is 12.8 Å². The number of carboxylic acid groups (broad SMARTS) is 1. The maximum absolute atomic E-state index is 11.8. The maximum atomic E-state index is 11.8. The van der Waals surface area contributed by atoms with E-state index in [1.807, 2.05) is 0 Å². The molecule has 8 heteroatoms. The molecule has 0 saturated carbocycles. The van der Waals surface area contributed by atoms with Crippen molar-refractivity contribution in [2.24, 2.45) is 0 Å². The molecular weight excluding hydrogens is 262 g/mol. The monoisotopic (exact) mass is 277 g/mol. The van der Waals surface area contributed by atoms with Crippen molar-refractivity contribution in [3.63, 3.8) is 0 Å². The van der Waals surface area contributed by atoms with Crippen LogP contribution in [0.4, 0.5) is 4.79 Å². The second kappa shape index (κ2) is 5.38. The second-order valence-electron chi connectivity index (χ2n) is 3.96. The van der Waals surface area contributed by atoms with Crippen LogP contribution < -0.4 is 5.32 Å². The molecule has 7 nitrogen and oxygen atoms in total. The van der Waals surface area contributed by atoms with Crippen LogP contribution in [0.15, 0.2) is 12.7 Å². The molecule has 0 aromatic heterocycles. The van der Waals surface area contributed by atoms with Gasteiger partial charge in [0.1, 0.15) is 6.61 Å². The van der Waals surface area contributed by atoms with Crippen LogP contribution in [0.25, 0.3) is 0 Å². The number of nitrogens with one attached hydrogen (secondary N) is 1. The molecule has 1 atom stereocenters. The van der Waals surface area contributed by atoms with Gasteiger partial charge in [0, 0.05) is 0 Å². The molecule has 2 N–H and O–H groups in total. The Bertz CT molecular complexity index is 457. The standard InChI is InChI=1S/C10H15NO6S/c1-2-5-17-9(14)11-7-10(8(12)13)4-3-6-18(10,15)16/h2H,1,3-7H2,(H,11,14)(H,12,13). The van der Waals surface area contributed by atoms with Gasteiger partial charge in [-0.05, 0) is 12.8 Å². The lowest BCUT2D eigenvalue weighted by Crippen LogP contribution is -2.52. The highest BCUT2D eigenvalue weighted by atomic mass is 32.2. The normalized spacial score (nSPS) is 25.3. The smallest absolute Gasteiger partial charge is 0.407 e. The Morgan fingerprint density at radius 1 is 1.50 bits per heavy atom. The van der Waals surface area contributed by atoms with E-state index in [2.05, 4.69) is 16.6 Å². The van der Waals surface area contributed by atoms with Crippen molar-refractivity contribution in [2.45, 2.75) is 17.6 Å². The first-order valence-corrected chi connectivity index (χ1v) is 6.98. The lowest BCUT2D eigenvalue weighted by atomic mass is 10.0. The number of sulfone groups is 1. The summed E-state index contributed by atoms with van der Waals surface area (Å²) in [6.07, 6.45) is 0.751. The molecule has 1 aliphatic rings. The van der Waals surface area contributed by atoms with Crippen LogP contribution in [-0.4, -0.2) is 49.2 Å². The third-order valence-electron chi connectivity index (χ3n) is 2.83. The molecule has 1 saturated heterocycles. The third-order valence-corrected chi connectivity index (χ3v) is 5.37. The van der Waals surface area contributed by atoms with Crippen molar-refractivity contribution in [1.82, 2.24) is 5.32 Å². The highest BCUT2D eigenvalue weighted by molar-refractivity contribution is 7.93. The fourth-order valence-electron chi connectivity index (χ4n) is 1.81. The number of hydrogen-bond acceptors (Lipinski definition) is 5. The zero-order valence-electron chi connectivity index (χ0n) is 9.72. The van der Waals surface area contributed by atoms with Crippen LogP contribution >= 0.6 is 0 Å². The van der Waals surface area contributed by atoms with Crippen molar-refractivity contribution in [3.8, 4) is 0 Å². The molecule has 18 heavy (non-hydrogen) atoms. The molecule has 1 aliphatic heterocycles. The number of carbonyl (C=O) groups is 2. The lowest BCUT2D eigenvalue weighted by molar-refractivity contribution is -0.139. The molecule has 102 valence electrons. The van der Waals surface area contributed by atoms with Gasteiger partial charge in [-0.2, -0.15) is 0 Å². The molecular formula is C10H15NO6S. The van der Waals surface area contributed by atoms with E-state index in [4.69, 9.17) is 5.11 Å². The minimum atomic E-state index is -3.75. The summed E-state index contributed by atoms with van der Waals surface area (Å²) >= 11 is 0. The third kappa shape index (κ3) is 2.63. The van der Waals surface area contributed by atoms with Crippen LogP contribution in [0.2, 0.25) is 0 Å². The van der Waals surface area contributed by atoms with E-state index in [9.17, 15) is 18.0 Å². The van der Waals surface area contributed by atoms with Crippen LogP contribution in [0, 0.1) is 0 Å². The Kier molecular flexibility index (Phi) is 4.33. The summed E-state index contributed by atoms with van der Waals surface area (Å²) in [4.78, 5) is 22.3. The fraction of sp³-hybridized carbons (Fsp3) is 0.600. The number of alkyl carbamates (subject to hydrolysis) is 1. The van der Waals surface area contributed by atoms with E-state index in [-0.39, 0.29) is 25.2 Å². The van der Waals surface area contributed by atoms with Crippen molar-refractivity contribution in [2.75, 3.05) is 18.9 Å². The minimum absolute atomic E-state index is 0.00753. The van der Waals surface area contributed by atoms with E-state index in [0.29, 0.717) is 0 Å². The molecule has 1 fully saturated rings. The summed E-state index contributed by atoms with van der Waals surface area (Å²) in [6, 6.07) is 0. The Morgan fingerprint density at radius 3 is 2.61 bits per heavy atom. The van der Waals surface area contributed by atoms with E-state index >= 15 is 0 Å². The summed E-state index contributed by atoms with van der Waals surface area (Å²) in [6.45, 7) is 2.83. The number of carboxylic acids is 1. The Balaban J connectivity index is 2.74. The summed E-state index contributed by atoms with van der Waals surface area (Å²) in [5.41, 5.74) is 0. The van der Waals surface area contributed by atoms with E-state index in [1.165, 1.54) is 6.08 Å². The van der Waals surface area contributed by atoms with Crippen LogP contribution in [0.3, 0.4) is 0 Å². The highest BCUT2D eigenvalue weighted by Gasteiger charge is 2.54. The van der Waals surface area contributed by atoms with Crippen molar-refractivity contribution < 1.29 is 27.9 Å². The van der Waals surface area contributed by atoms with Gasteiger partial charge in [0.2, 0.25) is 0 Å². The van der Waals surface area contributed by atoms with E-state index in [0.717, 1.165) is 0 Å². The summed E-state index contributed by atoms with van der Waals surface area (Å²) < 4.78 is 26.2. The van der Waals surface area contributed by atoms with Gasteiger partial charge < -0.3 is 15.2 Å². The van der Waals surface area contributed by atoms with E-state index in [1.54, 1.807) is 0 Å². The molecule has 0 spiro atoms. The Morgan fingerprint density at radius 2 is 2.17 bits per heavy atom. The quantitative estimate of drug-likeness (QED) is 0.681. The summed E-state index contributed by atoms with van der Waals surface area (Å²) in [5.74, 6) is -1.62. The predicted octanol–water partition coefficient (Wildman–Crippen LogP) is -0.0694. The summed E-state index contributed by atoms with van der Waals surface area (Å²) in [7, 11) is -3.75. The van der Waals surface area contributed by atoms with E-state index < -0.39 is 33.2 Å². The zero-order valence-corrected chi connectivity index (χ0v) is 10.5. The Hall–Kier alpha value is -1.57. The largest absolute Gasteiger partial charge is 0.480 e. The van der Waals surface area contributed by atoms with Gasteiger partial charge >= 0.3 is 12.1 Å². The van der Waals surface area contributed by atoms with Gasteiger partial charge in [0.05, 0.1) is 12.3 Å². The van der Waals surface area contributed by atoms with Gasteiger partial charge in [-0.15, -0.1) is 0 Å². The van der Waals surface area contributed by atoms with Gasteiger partial charge in [-0.3, -0.25) is 4.79 Å². The average Bonchev–Trinajstić information content (AvgIpc) is 2.60. The number of ether oxygens (including phenoxy) is 1. The number of hydrogen-bond donors (Lipinski definition) is 2. The number of carbonyl (C=O) groups excluding carboxylic acids is 1. The fourth-order valence-corrected chi connectivity index (χ4v) is 3.74. The molecule has 1 rings (SSSR count). The van der Waals surface area contributed by atoms with Crippen molar-refractivity contribution >= 4 is 21.9 Å². The number of rotatable bonds is 5. The predicted molar refractivity (Wildman–Crippen MR) is 62.9 cm³/mol. The van der Waals surface area contributed by atoms with Gasteiger partial charge in [-0.1, -0.05) is 12.7 Å². The average molecular weight is 277 g/mol. The lowest BCUT2D eigenvalue weighted by Gasteiger charge is -2.22. The molecule has 1 heterocycles. The first-order valence-electron chi connectivity index (χ1n) is 5.33.